The lowest BCUT2D eigenvalue weighted by molar-refractivity contribution is -0.167. The number of hydrogen-bond donors (Lipinski definition) is 0. The average Bonchev–Trinajstić information content (AvgIpc) is 3.40. The maximum Gasteiger partial charge on any atom is 0.306 e. The number of allylic oxidation sites excluding steroid dienone is 14. The Hall–Kier alpha value is -3.41. The highest BCUT2D eigenvalue weighted by Gasteiger charge is 2.19. The molecule has 0 aliphatic rings. The van der Waals surface area contributed by atoms with Crippen LogP contribution >= 0.6 is 0 Å². The lowest BCUT2D eigenvalue weighted by atomic mass is 10.0. The first kappa shape index (κ1) is 70.6. The fourth-order valence-electron chi connectivity index (χ4n) is 8.95. The van der Waals surface area contributed by atoms with Gasteiger partial charge in [0.25, 0.3) is 0 Å². The van der Waals surface area contributed by atoms with Crippen LogP contribution in [0, 0.1) is 0 Å². The molecule has 6 nitrogen and oxygen atoms in total. The number of unbranched alkanes of at least 4 members (excludes halogenated alkanes) is 32. The maximum atomic E-state index is 12.9. The molecule has 0 amide bonds. The van der Waals surface area contributed by atoms with E-state index in [1.165, 1.54) is 148 Å². The third kappa shape index (κ3) is 59.5. The van der Waals surface area contributed by atoms with Crippen molar-refractivity contribution in [1.82, 2.24) is 0 Å². The van der Waals surface area contributed by atoms with Crippen LogP contribution in [0.4, 0.5) is 0 Å². The first-order valence-corrected chi connectivity index (χ1v) is 31.6. The Kier molecular flexibility index (Phi) is 59.3. The van der Waals surface area contributed by atoms with Crippen LogP contribution in [0.25, 0.3) is 0 Å². The Labute approximate surface area is 458 Å². The fourth-order valence-corrected chi connectivity index (χ4v) is 8.95. The second-order valence-corrected chi connectivity index (χ2v) is 21.0. The van der Waals surface area contributed by atoms with E-state index < -0.39 is 6.10 Å². The summed E-state index contributed by atoms with van der Waals surface area (Å²) in [5.74, 6) is -0.885. The molecule has 0 aromatic carbocycles. The van der Waals surface area contributed by atoms with Crippen LogP contribution in [0.5, 0.6) is 0 Å². The zero-order valence-electron chi connectivity index (χ0n) is 48.8. The van der Waals surface area contributed by atoms with Gasteiger partial charge in [-0.05, 0) is 77.0 Å². The Bertz CT molecular complexity index is 1420. The Morgan fingerprint density at radius 3 is 0.824 bits per heavy atom. The summed E-state index contributed by atoms with van der Waals surface area (Å²) in [5, 5.41) is 0. The monoisotopic (exact) mass is 1030 g/mol. The van der Waals surface area contributed by atoms with Crippen molar-refractivity contribution in [1.29, 1.82) is 0 Å². The molecule has 426 valence electrons. The molecule has 0 bridgehead atoms. The number of rotatable bonds is 57. The minimum atomic E-state index is -0.782. The molecule has 0 spiro atoms. The predicted octanol–water partition coefficient (Wildman–Crippen LogP) is 21.5. The van der Waals surface area contributed by atoms with Gasteiger partial charge in [0.1, 0.15) is 13.2 Å². The second-order valence-electron chi connectivity index (χ2n) is 21.0. The molecule has 0 saturated carbocycles. The molecule has 0 fully saturated rings. The van der Waals surface area contributed by atoms with Crippen molar-refractivity contribution >= 4 is 17.9 Å². The number of hydrogen-bond acceptors (Lipinski definition) is 6. The summed E-state index contributed by atoms with van der Waals surface area (Å²) in [6, 6.07) is 0. The van der Waals surface area contributed by atoms with E-state index in [1.54, 1.807) is 0 Å². The zero-order chi connectivity index (χ0) is 53.6. The normalized spacial score (nSPS) is 12.6. The van der Waals surface area contributed by atoms with Crippen molar-refractivity contribution in [3.63, 3.8) is 0 Å². The summed E-state index contributed by atoms with van der Waals surface area (Å²) in [4.78, 5) is 38.2. The maximum absolute atomic E-state index is 12.9. The molecule has 0 aromatic rings. The summed E-state index contributed by atoms with van der Waals surface area (Å²) in [6.07, 6.45) is 81.6. The van der Waals surface area contributed by atoms with Crippen molar-refractivity contribution < 1.29 is 28.6 Å². The third-order valence-electron chi connectivity index (χ3n) is 13.7. The average molecular weight is 1030 g/mol. The summed E-state index contributed by atoms with van der Waals surface area (Å²) >= 11 is 0. The fraction of sp³-hybridized carbons (Fsp3) is 0.750. The molecule has 0 N–H and O–H groups in total. The van der Waals surface area contributed by atoms with Gasteiger partial charge in [-0.15, -0.1) is 0 Å². The largest absolute Gasteiger partial charge is 0.462 e. The summed E-state index contributed by atoms with van der Waals surface area (Å²) < 4.78 is 16.9. The Morgan fingerprint density at radius 2 is 0.527 bits per heavy atom. The number of esters is 3. The smallest absolute Gasteiger partial charge is 0.306 e. The SMILES string of the molecule is CC/C=C\C/C=C\C/C=C\C/C=C\C/C=C\C/C=C\C/C=C\CCCCCCCC(=O)OCC(COC(=O)CCCCCCCCCCCCC)OC(=O)CCCCCCCCCCCCCCCCCCCC. The van der Waals surface area contributed by atoms with Crippen LogP contribution in [-0.4, -0.2) is 37.2 Å². The molecular weight excluding hydrogens is 913 g/mol. The van der Waals surface area contributed by atoms with Gasteiger partial charge in [0.15, 0.2) is 6.10 Å². The van der Waals surface area contributed by atoms with Gasteiger partial charge in [0.2, 0.25) is 0 Å². The predicted molar refractivity (Wildman–Crippen MR) is 321 cm³/mol. The lowest BCUT2D eigenvalue weighted by Gasteiger charge is -2.18. The molecule has 1 unspecified atom stereocenters. The van der Waals surface area contributed by atoms with Gasteiger partial charge in [-0.1, -0.05) is 298 Å². The Balaban J connectivity index is 4.31. The lowest BCUT2D eigenvalue weighted by Crippen LogP contribution is -2.30. The number of carbonyl (C=O) groups is 3. The van der Waals surface area contributed by atoms with Gasteiger partial charge < -0.3 is 14.2 Å². The molecular formula is C68H118O6. The van der Waals surface area contributed by atoms with Gasteiger partial charge in [0, 0.05) is 19.3 Å². The van der Waals surface area contributed by atoms with Crippen LogP contribution in [0.3, 0.4) is 0 Å². The summed E-state index contributed by atoms with van der Waals surface area (Å²) in [6.45, 7) is 6.54. The highest BCUT2D eigenvalue weighted by Crippen LogP contribution is 2.17. The first-order chi connectivity index (χ1) is 36.5. The molecule has 0 heterocycles. The van der Waals surface area contributed by atoms with E-state index in [0.29, 0.717) is 19.3 Å². The van der Waals surface area contributed by atoms with Gasteiger partial charge in [-0.2, -0.15) is 0 Å². The molecule has 0 aromatic heterocycles. The van der Waals surface area contributed by atoms with E-state index in [9.17, 15) is 14.4 Å². The molecule has 0 radical (unpaired) electrons. The van der Waals surface area contributed by atoms with Crippen LogP contribution in [0.15, 0.2) is 85.1 Å². The van der Waals surface area contributed by atoms with E-state index >= 15 is 0 Å². The van der Waals surface area contributed by atoms with Crippen LogP contribution < -0.4 is 0 Å². The van der Waals surface area contributed by atoms with Crippen LogP contribution in [0.2, 0.25) is 0 Å². The highest BCUT2D eigenvalue weighted by molar-refractivity contribution is 5.71. The topological polar surface area (TPSA) is 78.9 Å². The molecule has 1 atom stereocenters. The van der Waals surface area contributed by atoms with E-state index in [0.717, 1.165) is 122 Å². The van der Waals surface area contributed by atoms with E-state index in [1.807, 2.05) is 0 Å². The van der Waals surface area contributed by atoms with Crippen molar-refractivity contribution in [2.24, 2.45) is 0 Å². The minimum absolute atomic E-state index is 0.0785. The van der Waals surface area contributed by atoms with Crippen LogP contribution in [-0.2, 0) is 28.6 Å². The van der Waals surface area contributed by atoms with Crippen molar-refractivity contribution in [3.05, 3.63) is 85.1 Å². The van der Waals surface area contributed by atoms with Crippen molar-refractivity contribution in [2.45, 2.75) is 316 Å². The van der Waals surface area contributed by atoms with Gasteiger partial charge in [0.05, 0.1) is 0 Å². The second kappa shape index (κ2) is 62.1. The summed E-state index contributed by atoms with van der Waals surface area (Å²) in [5.41, 5.74) is 0. The minimum Gasteiger partial charge on any atom is -0.462 e. The van der Waals surface area contributed by atoms with Gasteiger partial charge in [-0.25, -0.2) is 0 Å². The molecule has 6 heteroatoms. The van der Waals surface area contributed by atoms with Crippen molar-refractivity contribution in [2.75, 3.05) is 13.2 Å². The van der Waals surface area contributed by atoms with Gasteiger partial charge >= 0.3 is 17.9 Å². The first-order valence-electron chi connectivity index (χ1n) is 31.6. The van der Waals surface area contributed by atoms with Crippen molar-refractivity contribution in [3.8, 4) is 0 Å². The Morgan fingerprint density at radius 1 is 0.284 bits per heavy atom. The van der Waals surface area contributed by atoms with E-state index in [-0.39, 0.29) is 31.1 Å². The third-order valence-corrected chi connectivity index (χ3v) is 13.7. The molecule has 0 aliphatic carbocycles. The summed E-state index contributed by atoms with van der Waals surface area (Å²) in [7, 11) is 0. The molecule has 74 heavy (non-hydrogen) atoms. The quantitative estimate of drug-likeness (QED) is 0.0261. The highest BCUT2D eigenvalue weighted by atomic mass is 16.6. The number of ether oxygens (including phenoxy) is 3. The van der Waals surface area contributed by atoms with E-state index in [2.05, 4.69) is 106 Å². The number of carbonyl (C=O) groups excluding carboxylic acids is 3. The molecule has 0 aliphatic heterocycles. The standard InChI is InChI=1S/C68H118O6/c1-4-7-10-13-16-19-22-24-26-28-30-31-32-33-34-35-36-37-38-40-41-43-46-49-52-55-58-61-67(70)73-64-65(63-72-66(69)60-57-54-51-48-45-21-18-15-12-9-6-3)74-68(71)62-59-56-53-50-47-44-42-39-29-27-25-23-20-17-14-11-8-5-2/h7,10,16,19,24,26,30-31,33-34,36-37,40-41,65H,4-6,8-9,11-15,17-18,20-23,25,27-29,32,35,38-39,42-64H2,1-3H3/b10-7-,19-16-,26-24-,31-30-,34-33-,37-36-,41-40-. The molecule has 0 rings (SSSR count). The van der Waals surface area contributed by atoms with Crippen LogP contribution in [0.1, 0.15) is 310 Å². The molecule has 0 saturated heterocycles. The van der Waals surface area contributed by atoms with E-state index in [4.69, 9.17) is 14.2 Å². The van der Waals surface area contributed by atoms with Gasteiger partial charge in [-0.3, -0.25) is 14.4 Å². The zero-order valence-corrected chi connectivity index (χ0v) is 48.8.